The Kier molecular flexibility index (Phi) is 4.16. The van der Waals surface area contributed by atoms with Crippen molar-refractivity contribution < 1.29 is 13.2 Å². The van der Waals surface area contributed by atoms with E-state index in [1.54, 1.807) is 0 Å². The van der Waals surface area contributed by atoms with E-state index < -0.39 is 11.7 Å². The van der Waals surface area contributed by atoms with Crippen LogP contribution in [0.1, 0.15) is 25.3 Å². The van der Waals surface area contributed by atoms with Gasteiger partial charge in [0, 0.05) is 19.3 Å². The molecule has 0 spiro atoms. The van der Waals surface area contributed by atoms with Gasteiger partial charge in [-0.3, -0.25) is 0 Å². The lowest BCUT2D eigenvalue weighted by atomic mass is 9.80. The second-order valence-electron chi connectivity index (χ2n) is 5.53. The molecule has 3 nitrogen and oxygen atoms in total. The molecule has 7 heteroatoms. The summed E-state index contributed by atoms with van der Waals surface area (Å²) >= 11 is 5.94. The monoisotopic (exact) mass is 307 g/mol. The van der Waals surface area contributed by atoms with Crippen LogP contribution in [0.2, 0.25) is 5.02 Å². The summed E-state index contributed by atoms with van der Waals surface area (Å²) in [5.41, 5.74) is 5.00. The molecule has 0 bridgehead atoms. The molecule has 20 heavy (non-hydrogen) atoms. The van der Waals surface area contributed by atoms with E-state index in [2.05, 4.69) is 11.9 Å². The summed E-state index contributed by atoms with van der Waals surface area (Å²) < 4.78 is 37.7. The molecule has 0 saturated carbocycles. The van der Waals surface area contributed by atoms with E-state index in [1.807, 2.05) is 4.90 Å². The highest BCUT2D eigenvalue weighted by Crippen LogP contribution is 2.36. The van der Waals surface area contributed by atoms with Crippen LogP contribution >= 0.6 is 11.6 Å². The van der Waals surface area contributed by atoms with Crippen LogP contribution in [0.4, 0.5) is 19.0 Å². The summed E-state index contributed by atoms with van der Waals surface area (Å²) in [6, 6.07) is 0.931. The van der Waals surface area contributed by atoms with Crippen molar-refractivity contribution in [2.45, 2.75) is 25.9 Å². The average Bonchev–Trinajstić information content (AvgIpc) is 2.39. The van der Waals surface area contributed by atoms with Crippen LogP contribution in [0.3, 0.4) is 0 Å². The van der Waals surface area contributed by atoms with Crippen molar-refractivity contribution in [1.29, 1.82) is 0 Å². The van der Waals surface area contributed by atoms with Crippen molar-refractivity contribution >= 4 is 17.4 Å². The van der Waals surface area contributed by atoms with Crippen molar-refractivity contribution in [3.8, 4) is 0 Å². The fourth-order valence-electron chi connectivity index (χ4n) is 2.28. The minimum absolute atomic E-state index is 0.0381. The molecule has 0 radical (unpaired) electrons. The summed E-state index contributed by atoms with van der Waals surface area (Å²) in [4.78, 5) is 5.80. The van der Waals surface area contributed by atoms with Gasteiger partial charge in [0.1, 0.15) is 5.82 Å². The second kappa shape index (κ2) is 5.41. The predicted molar refractivity (Wildman–Crippen MR) is 72.9 cm³/mol. The maximum atomic E-state index is 12.6. The van der Waals surface area contributed by atoms with Gasteiger partial charge >= 0.3 is 6.18 Å². The molecule has 1 aromatic rings. The number of nitrogens with two attached hydrogens (primary N) is 1. The SMILES string of the molecule is CC1(CN)CCN(c2ncc(C(F)(F)F)cc2Cl)CC1. The van der Waals surface area contributed by atoms with E-state index in [9.17, 15) is 13.2 Å². The van der Waals surface area contributed by atoms with Gasteiger partial charge in [0.25, 0.3) is 0 Å². The summed E-state index contributed by atoms with van der Waals surface area (Å²) in [5.74, 6) is 0.415. The van der Waals surface area contributed by atoms with Crippen molar-refractivity contribution in [3.05, 3.63) is 22.8 Å². The Morgan fingerprint density at radius 2 is 2.00 bits per heavy atom. The number of rotatable bonds is 2. The number of hydrogen-bond acceptors (Lipinski definition) is 3. The van der Waals surface area contributed by atoms with Gasteiger partial charge in [-0.1, -0.05) is 18.5 Å². The Bertz CT molecular complexity index is 482. The minimum Gasteiger partial charge on any atom is -0.355 e. The molecule has 1 aliphatic heterocycles. The maximum absolute atomic E-state index is 12.6. The third-order valence-corrected chi connectivity index (χ3v) is 4.19. The van der Waals surface area contributed by atoms with Crippen molar-refractivity contribution in [2.75, 3.05) is 24.5 Å². The molecule has 1 aliphatic rings. The predicted octanol–water partition coefficient (Wildman–Crippen LogP) is 3.32. The van der Waals surface area contributed by atoms with E-state index in [4.69, 9.17) is 17.3 Å². The first kappa shape index (κ1) is 15.4. The number of alkyl halides is 3. The molecule has 0 amide bonds. The molecule has 2 N–H and O–H groups in total. The number of nitrogens with zero attached hydrogens (tertiary/aromatic N) is 2. The van der Waals surface area contributed by atoms with Crippen LogP contribution in [-0.2, 0) is 6.18 Å². The first-order valence-corrected chi connectivity index (χ1v) is 6.81. The first-order valence-electron chi connectivity index (χ1n) is 6.43. The minimum atomic E-state index is -4.42. The smallest absolute Gasteiger partial charge is 0.355 e. The summed E-state index contributed by atoms with van der Waals surface area (Å²) in [7, 11) is 0. The number of piperidine rings is 1. The molecule has 1 aromatic heterocycles. The Morgan fingerprint density at radius 3 is 2.45 bits per heavy atom. The van der Waals surface area contributed by atoms with Gasteiger partial charge in [-0.05, 0) is 30.9 Å². The average molecular weight is 308 g/mol. The highest BCUT2D eigenvalue weighted by atomic mass is 35.5. The van der Waals surface area contributed by atoms with E-state index in [0.717, 1.165) is 25.1 Å². The Labute approximate surface area is 120 Å². The molecule has 2 rings (SSSR count). The van der Waals surface area contributed by atoms with Crippen molar-refractivity contribution in [1.82, 2.24) is 4.98 Å². The van der Waals surface area contributed by atoms with Crippen molar-refractivity contribution in [2.24, 2.45) is 11.1 Å². The molecule has 0 atom stereocenters. The largest absolute Gasteiger partial charge is 0.417 e. The zero-order chi connectivity index (χ0) is 15.0. The Hall–Kier alpha value is -1.01. The van der Waals surface area contributed by atoms with E-state index >= 15 is 0 Å². The van der Waals surface area contributed by atoms with Gasteiger partial charge in [0.15, 0.2) is 0 Å². The van der Waals surface area contributed by atoms with Gasteiger partial charge in [0.2, 0.25) is 0 Å². The number of halogens is 4. The summed E-state index contributed by atoms with van der Waals surface area (Å²) in [5, 5.41) is 0.0381. The molecule has 0 unspecified atom stereocenters. The molecule has 2 heterocycles. The van der Waals surface area contributed by atoms with Crippen LogP contribution in [0.5, 0.6) is 0 Å². The van der Waals surface area contributed by atoms with Crippen molar-refractivity contribution in [3.63, 3.8) is 0 Å². The number of aromatic nitrogens is 1. The first-order chi connectivity index (χ1) is 9.25. The highest BCUT2D eigenvalue weighted by molar-refractivity contribution is 6.33. The van der Waals surface area contributed by atoms with Crippen LogP contribution in [-0.4, -0.2) is 24.6 Å². The molecular weight excluding hydrogens is 291 g/mol. The van der Waals surface area contributed by atoms with E-state index in [-0.39, 0.29) is 10.4 Å². The number of anilines is 1. The quantitative estimate of drug-likeness (QED) is 0.911. The lowest BCUT2D eigenvalue weighted by Gasteiger charge is -2.39. The van der Waals surface area contributed by atoms with E-state index in [0.29, 0.717) is 25.5 Å². The third-order valence-electron chi connectivity index (χ3n) is 3.91. The maximum Gasteiger partial charge on any atom is 0.417 e. The second-order valence-corrected chi connectivity index (χ2v) is 5.94. The lowest BCUT2D eigenvalue weighted by molar-refractivity contribution is -0.137. The molecule has 112 valence electrons. The molecule has 1 fully saturated rings. The van der Waals surface area contributed by atoms with Gasteiger partial charge in [-0.15, -0.1) is 0 Å². The molecule has 0 aromatic carbocycles. The number of pyridine rings is 1. The van der Waals surface area contributed by atoms with Gasteiger partial charge < -0.3 is 10.6 Å². The van der Waals surface area contributed by atoms with Crippen LogP contribution in [0, 0.1) is 5.41 Å². The van der Waals surface area contributed by atoms with E-state index in [1.165, 1.54) is 0 Å². The Morgan fingerprint density at radius 1 is 1.40 bits per heavy atom. The topological polar surface area (TPSA) is 42.1 Å². The number of hydrogen-bond donors (Lipinski definition) is 1. The van der Waals surface area contributed by atoms with Gasteiger partial charge in [-0.25, -0.2) is 4.98 Å². The standard InChI is InChI=1S/C13H17ClF3N3/c1-12(8-18)2-4-20(5-3-12)11-10(14)6-9(7-19-11)13(15,16)17/h6-7H,2-5,8,18H2,1H3. The molecule has 0 aliphatic carbocycles. The normalized spacial score (nSPS) is 19.2. The summed E-state index contributed by atoms with van der Waals surface area (Å²) in [6.07, 6.45) is -1.84. The van der Waals surface area contributed by atoms with Gasteiger partial charge in [-0.2, -0.15) is 13.2 Å². The summed E-state index contributed by atoms with van der Waals surface area (Å²) in [6.45, 7) is 4.12. The van der Waals surface area contributed by atoms with Crippen LogP contribution in [0.15, 0.2) is 12.3 Å². The van der Waals surface area contributed by atoms with Crippen LogP contribution < -0.4 is 10.6 Å². The third kappa shape index (κ3) is 3.17. The lowest BCUT2D eigenvalue weighted by Crippen LogP contribution is -2.42. The fraction of sp³-hybridized carbons (Fsp3) is 0.615. The molecule has 1 saturated heterocycles. The Balaban J connectivity index is 2.15. The zero-order valence-electron chi connectivity index (χ0n) is 11.2. The molecular formula is C13H17ClF3N3. The van der Waals surface area contributed by atoms with Gasteiger partial charge in [0.05, 0.1) is 10.6 Å². The fourth-order valence-corrected chi connectivity index (χ4v) is 2.57. The van der Waals surface area contributed by atoms with Crippen LogP contribution in [0.25, 0.3) is 0 Å². The highest BCUT2D eigenvalue weighted by Gasteiger charge is 2.33. The zero-order valence-corrected chi connectivity index (χ0v) is 11.9.